The lowest BCUT2D eigenvalue weighted by molar-refractivity contribution is 0.0933. The van der Waals surface area contributed by atoms with Crippen LogP contribution in [0.15, 0.2) is 42.5 Å². The Morgan fingerprint density at radius 2 is 1.89 bits per heavy atom. The number of nitrogens with zero attached hydrogens (tertiary/aromatic N) is 2. The van der Waals surface area contributed by atoms with Crippen LogP contribution in [0, 0.1) is 0 Å². The Kier molecular flexibility index (Phi) is 4.81. The molecule has 2 aromatic carbocycles. The Labute approximate surface area is 172 Å². The van der Waals surface area contributed by atoms with Crippen LogP contribution in [-0.4, -0.2) is 20.4 Å². The average Bonchev–Trinajstić information content (AvgIpc) is 3.20. The summed E-state index contributed by atoms with van der Waals surface area (Å²) in [4.78, 5) is 20.7. The van der Waals surface area contributed by atoms with Crippen LogP contribution in [0.4, 0.5) is 0 Å². The lowest BCUT2D eigenvalue weighted by atomic mass is 10.2. The second kappa shape index (κ2) is 7.15. The largest absolute Gasteiger partial charge is 0.349 e. The number of imidazole rings is 1. The van der Waals surface area contributed by atoms with E-state index in [4.69, 9.17) is 28.2 Å². The highest BCUT2D eigenvalue weighted by atomic mass is 35.5. The van der Waals surface area contributed by atoms with Crippen LogP contribution in [0.3, 0.4) is 0 Å². The fourth-order valence-electron chi connectivity index (χ4n) is 3.53. The van der Waals surface area contributed by atoms with Crippen LogP contribution in [0.25, 0.3) is 21.9 Å². The molecule has 144 valence electrons. The molecule has 7 heteroatoms. The summed E-state index contributed by atoms with van der Waals surface area (Å²) in [6.45, 7) is 6.13. The number of hydrogen-bond donors (Lipinski definition) is 2. The van der Waals surface area contributed by atoms with Gasteiger partial charge in [-0.3, -0.25) is 4.79 Å². The summed E-state index contributed by atoms with van der Waals surface area (Å²) < 4.78 is 2.15. The first kappa shape index (κ1) is 18.8. The predicted octanol–water partition coefficient (Wildman–Crippen LogP) is 5.90. The monoisotopic (exact) mass is 414 g/mol. The van der Waals surface area contributed by atoms with Crippen molar-refractivity contribution in [2.45, 2.75) is 32.9 Å². The minimum Gasteiger partial charge on any atom is -0.349 e. The van der Waals surface area contributed by atoms with Crippen molar-refractivity contribution in [2.24, 2.45) is 0 Å². The van der Waals surface area contributed by atoms with Crippen LogP contribution in [0.1, 0.15) is 49.2 Å². The smallest absolute Gasteiger partial charge is 0.269 e. The van der Waals surface area contributed by atoms with Crippen molar-refractivity contribution in [2.75, 3.05) is 0 Å². The van der Waals surface area contributed by atoms with E-state index in [-0.39, 0.29) is 18.0 Å². The van der Waals surface area contributed by atoms with Crippen LogP contribution in [-0.2, 0) is 0 Å². The highest BCUT2D eigenvalue weighted by molar-refractivity contribution is 6.39. The number of aromatic amines is 1. The topological polar surface area (TPSA) is 62.7 Å². The van der Waals surface area contributed by atoms with Gasteiger partial charge in [0.15, 0.2) is 0 Å². The molecule has 2 aromatic heterocycles. The number of fused-ring (bicyclic) bond motifs is 2. The van der Waals surface area contributed by atoms with Crippen LogP contribution >= 0.6 is 23.2 Å². The summed E-state index contributed by atoms with van der Waals surface area (Å²) >= 11 is 12.5. The van der Waals surface area contributed by atoms with Gasteiger partial charge in [-0.2, -0.15) is 0 Å². The van der Waals surface area contributed by atoms with E-state index in [2.05, 4.69) is 28.7 Å². The predicted molar refractivity (Wildman–Crippen MR) is 114 cm³/mol. The molecular formula is C21H20Cl2N4O. The number of H-pyrrole nitrogens is 1. The number of hydrogen-bond acceptors (Lipinski definition) is 2. The van der Waals surface area contributed by atoms with E-state index >= 15 is 0 Å². The summed E-state index contributed by atoms with van der Waals surface area (Å²) in [6.07, 6.45) is 0. The van der Waals surface area contributed by atoms with Gasteiger partial charge in [-0.25, -0.2) is 4.98 Å². The van der Waals surface area contributed by atoms with Crippen molar-refractivity contribution in [3.63, 3.8) is 0 Å². The number of amides is 1. The van der Waals surface area contributed by atoms with Gasteiger partial charge < -0.3 is 14.9 Å². The number of halogens is 2. The highest BCUT2D eigenvalue weighted by Crippen LogP contribution is 2.30. The van der Waals surface area contributed by atoms with Gasteiger partial charge in [-0.1, -0.05) is 35.3 Å². The minimum absolute atomic E-state index is 0.209. The zero-order valence-electron chi connectivity index (χ0n) is 15.8. The van der Waals surface area contributed by atoms with Gasteiger partial charge >= 0.3 is 0 Å². The van der Waals surface area contributed by atoms with Gasteiger partial charge in [0, 0.05) is 22.0 Å². The molecular weight excluding hydrogens is 395 g/mol. The molecule has 0 aliphatic carbocycles. The van der Waals surface area contributed by atoms with Gasteiger partial charge in [-0.05, 0) is 51.1 Å². The van der Waals surface area contributed by atoms with Gasteiger partial charge in [0.2, 0.25) is 0 Å². The van der Waals surface area contributed by atoms with E-state index < -0.39 is 0 Å². The number of para-hydroxylation sites is 2. The summed E-state index contributed by atoms with van der Waals surface area (Å²) in [5, 5.41) is 4.67. The molecule has 0 aliphatic heterocycles. The Bertz CT molecular complexity index is 1190. The first-order chi connectivity index (χ1) is 13.4. The number of carbonyl (C=O) groups is 1. The number of benzene rings is 2. The Morgan fingerprint density at radius 1 is 1.14 bits per heavy atom. The van der Waals surface area contributed by atoms with Crippen molar-refractivity contribution in [1.82, 2.24) is 19.9 Å². The number of rotatable bonds is 4. The maximum absolute atomic E-state index is 12.9. The molecule has 0 bridgehead atoms. The van der Waals surface area contributed by atoms with Crippen molar-refractivity contribution >= 4 is 51.0 Å². The molecule has 28 heavy (non-hydrogen) atoms. The molecule has 0 unspecified atom stereocenters. The van der Waals surface area contributed by atoms with E-state index in [1.807, 2.05) is 37.3 Å². The molecule has 2 heterocycles. The molecule has 5 nitrogen and oxygen atoms in total. The van der Waals surface area contributed by atoms with E-state index in [1.165, 1.54) is 0 Å². The molecule has 0 radical (unpaired) electrons. The third-order valence-electron chi connectivity index (χ3n) is 4.80. The quantitative estimate of drug-likeness (QED) is 0.436. The van der Waals surface area contributed by atoms with E-state index in [0.717, 1.165) is 27.8 Å². The van der Waals surface area contributed by atoms with Crippen LogP contribution < -0.4 is 5.32 Å². The van der Waals surface area contributed by atoms with Crippen molar-refractivity contribution in [1.29, 1.82) is 0 Å². The molecule has 1 amide bonds. The molecule has 0 fully saturated rings. The van der Waals surface area contributed by atoms with Crippen molar-refractivity contribution < 1.29 is 4.79 Å². The zero-order valence-corrected chi connectivity index (χ0v) is 17.3. The minimum atomic E-state index is -0.298. The number of carbonyl (C=O) groups excluding carboxylic acids is 1. The molecule has 2 N–H and O–H groups in total. The number of nitrogens with one attached hydrogen (secondary N) is 2. The summed E-state index contributed by atoms with van der Waals surface area (Å²) in [5.74, 6) is 0.520. The first-order valence-electron chi connectivity index (χ1n) is 9.11. The maximum Gasteiger partial charge on any atom is 0.269 e. The zero-order chi connectivity index (χ0) is 20.0. The normalized spacial score (nSPS) is 12.8. The summed E-state index contributed by atoms with van der Waals surface area (Å²) in [7, 11) is 0. The van der Waals surface area contributed by atoms with Crippen molar-refractivity contribution in [3.05, 3.63) is 64.0 Å². The molecule has 4 aromatic rings. The Morgan fingerprint density at radius 3 is 2.64 bits per heavy atom. The maximum atomic E-state index is 12.9. The van der Waals surface area contributed by atoms with Gasteiger partial charge in [0.25, 0.3) is 5.91 Å². The summed E-state index contributed by atoms with van der Waals surface area (Å²) in [6, 6.07) is 13.2. The highest BCUT2D eigenvalue weighted by Gasteiger charge is 2.23. The lowest BCUT2D eigenvalue weighted by Gasteiger charge is -2.18. The summed E-state index contributed by atoms with van der Waals surface area (Å²) in [5.41, 5.74) is 3.04. The molecule has 0 saturated heterocycles. The molecule has 4 rings (SSSR count). The van der Waals surface area contributed by atoms with Crippen molar-refractivity contribution in [3.8, 4) is 0 Å². The second-order valence-electron chi connectivity index (χ2n) is 7.12. The fraction of sp³-hybridized carbons (Fsp3) is 0.238. The third-order valence-corrected chi connectivity index (χ3v) is 5.43. The van der Waals surface area contributed by atoms with E-state index in [9.17, 15) is 4.79 Å². The lowest BCUT2D eigenvalue weighted by Crippen LogP contribution is -2.29. The second-order valence-corrected chi connectivity index (χ2v) is 7.94. The van der Waals surface area contributed by atoms with Crippen LogP contribution in [0.5, 0.6) is 0 Å². The van der Waals surface area contributed by atoms with Gasteiger partial charge in [0.05, 0.1) is 22.1 Å². The molecule has 0 spiro atoms. The SMILES string of the molecule is CC(C)n1c([C@H](C)NC(=O)c2[nH]c3ccc(Cl)cc3c2Cl)nc2ccccc21. The molecule has 0 aliphatic rings. The third kappa shape index (κ3) is 3.15. The standard InChI is InChI=1S/C21H20Cl2N4O/c1-11(2)27-17-7-5-4-6-16(17)26-20(27)12(3)24-21(28)19-18(23)14-10-13(22)8-9-15(14)25-19/h4-12,25H,1-3H3,(H,24,28)/t12-/m0/s1. The number of aromatic nitrogens is 3. The Hall–Kier alpha value is -2.50. The first-order valence-corrected chi connectivity index (χ1v) is 9.87. The van der Waals surface area contributed by atoms with Crippen LogP contribution in [0.2, 0.25) is 10.0 Å². The fourth-order valence-corrected chi connectivity index (χ4v) is 3.99. The average molecular weight is 415 g/mol. The van der Waals surface area contributed by atoms with Gasteiger partial charge in [0.1, 0.15) is 11.5 Å². The van der Waals surface area contributed by atoms with Gasteiger partial charge in [-0.15, -0.1) is 0 Å². The van der Waals surface area contributed by atoms with E-state index in [0.29, 0.717) is 15.7 Å². The van der Waals surface area contributed by atoms with E-state index in [1.54, 1.807) is 12.1 Å². The molecule has 1 atom stereocenters. The Balaban J connectivity index is 1.68. The molecule has 0 saturated carbocycles.